The van der Waals surface area contributed by atoms with Crippen molar-refractivity contribution in [1.29, 1.82) is 0 Å². The van der Waals surface area contributed by atoms with Gasteiger partial charge in [-0.1, -0.05) is 6.07 Å². The number of pyridine rings is 1. The van der Waals surface area contributed by atoms with Crippen molar-refractivity contribution in [2.45, 2.75) is 39.7 Å². The van der Waals surface area contributed by atoms with Gasteiger partial charge in [-0.05, 0) is 68.5 Å². The number of carbonyl (C=O) groups excluding carboxylic acids is 2. The molecule has 1 saturated heterocycles. The van der Waals surface area contributed by atoms with Gasteiger partial charge >= 0.3 is 6.03 Å². The molecule has 1 aliphatic rings. The van der Waals surface area contributed by atoms with E-state index in [0.717, 1.165) is 30.0 Å². The normalized spacial score (nSPS) is 13.7. The number of aromatic nitrogens is 1. The molecule has 3 N–H and O–H groups in total. The Labute approximate surface area is 171 Å². The second-order valence-electron chi connectivity index (χ2n) is 7.27. The zero-order valence-electron chi connectivity index (χ0n) is 17.1. The third-order valence-electron chi connectivity index (χ3n) is 5.03. The molecule has 0 bridgehead atoms. The third-order valence-corrected chi connectivity index (χ3v) is 5.03. The Bertz CT molecular complexity index is 862. The van der Waals surface area contributed by atoms with E-state index < -0.39 is 0 Å². The van der Waals surface area contributed by atoms with Crippen LogP contribution in [0.2, 0.25) is 0 Å². The Morgan fingerprint density at radius 2 is 1.86 bits per heavy atom. The van der Waals surface area contributed by atoms with E-state index in [1.165, 1.54) is 19.3 Å². The summed E-state index contributed by atoms with van der Waals surface area (Å²) in [6, 6.07) is 8.91. The second kappa shape index (κ2) is 9.91. The van der Waals surface area contributed by atoms with Crippen LogP contribution in [0, 0.1) is 6.92 Å². The van der Waals surface area contributed by atoms with E-state index in [9.17, 15) is 9.59 Å². The van der Waals surface area contributed by atoms with Gasteiger partial charge in [0, 0.05) is 43.6 Å². The molecule has 3 amide bonds. The second-order valence-corrected chi connectivity index (χ2v) is 7.27. The average molecular weight is 396 g/mol. The highest BCUT2D eigenvalue weighted by Gasteiger charge is 2.13. The molecule has 1 fully saturated rings. The van der Waals surface area contributed by atoms with E-state index in [4.69, 9.17) is 0 Å². The molecule has 1 aromatic heterocycles. The van der Waals surface area contributed by atoms with E-state index in [1.54, 1.807) is 18.3 Å². The maximum atomic E-state index is 12.4. The van der Waals surface area contributed by atoms with Crippen LogP contribution in [0.5, 0.6) is 0 Å². The molecule has 7 nitrogen and oxygen atoms in total. The van der Waals surface area contributed by atoms with Gasteiger partial charge in [0.2, 0.25) is 0 Å². The molecule has 29 heavy (non-hydrogen) atoms. The molecule has 0 aliphatic carbocycles. The summed E-state index contributed by atoms with van der Waals surface area (Å²) in [5.41, 5.74) is 3.04. The zero-order chi connectivity index (χ0) is 20.6. The van der Waals surface area contributed by atoms with Crippen LogP contribution in [0.3, 0.4) is 0 Å². The Morgan fingerprint density at radius 1 is 1.07 bits per heavy atom. The molecule has 0 saturated carbocycles. The number of aryl methyl sites for hydroxylation is 1. The maximum absolute atomic E-state index is 12.4. The molecule has 0 radical (unpaired) electrons. The predicted molar refractivity (Wildman–Crippen MR) is 115 cm³/mol. The highest BCUT2D eigenvalue weighted by Crippen LogP contribution is 2.19. The Kier molecular flexibility index (Phi) is 7.05. The lowest BCUT2D eigenvalue weighted by atomic mass is 10.1. The molecule has 0 atom stereocenters. The minimum atomic E-state index is -0.308. The van der Waals surface area contributed by atoms with E-state index in [0.29, 0.717) is 24.3 Å². The first-order valence-electron chi connectivity index (χ1n) is 10.2. The van der Waals surface area contributed by atoms with Gasteiger partial charge < -0.3 is 20.9 Å². The van der Waals surface area contributed by atoms with Crippen LogP contribution in [0.4, 0.5) is 16.3 Å². The first kappa shape index (κ1) is 20.6. The molecular formula is C22H29N5O2. The number of rotatable bonds is 6. The number of carbonyl (C=O) groups is 2. The summed E-state index contributed by atoms with van der Waals surface area (Å²) in [4.78, 5) is 31.2. The van der Waals surface area contributed by atoms with Crippen LogP contribution in [0.25, 0.3) is 0 Å². The maximum Gasteiger partial charge on any atom is 0.319 e. The topological polar surface area (TPSA) is 86.4 Å². The van der Waals surface area contributed by atoms with Crippen molar-refractivity contribution in [3.8, 4) is 0 Å². The number of nitrogens with zero attached hydrogens (tertiary/aromatic N) is 2. The highest BCUT2D eigenvalue weighted by molar-refractivity contribution is 5.97. The number of benzene rings is 1. The minimum absolute atomic E-state index is 0.155. The van der Waals surface area contributed by atoms with Crippen molar-refractivity contribution < 1.29 is 9.59 Å². The van der Waals surface area contributed by atoms with Crippen molar-refractivity contribution >= 4 is 23.4 Å². The van der Waals surface area contributed by atoms with Gasteiger partial charge in [0.25, 0.3) is 5.91 Å². The Hall–Kier alpha value is -3.09. The monoisotopic (exact) mass is 395 g/mol. The fourth-order valence-electron chi connectivity index (χ4n) is 3.38. The molecule has 154 valence electrons. The molecule has 2 heterocycles. The van der Waals surface area contributed by atoms with Gasteiger partial charge in [-0.2, -0.15) is 0 Å². The molecule has 0 spiro atoms. The van der Waals surface area contributed by atoms with Crippen LogP contribution in [-0.2, 0) is 6.54 Å². The van der Waals surface area contributed by atoms with Gasteiger partial charge in [0.15, 0.2) is 0 Å². The fourth-order valence-corrected chi connectivity index (χ4v) is 3.38. The van der Waals surface area contributed by atoms with Crippen LogP contribution in [-0.4, -0.2) is 36.6 Å². The highest BCUT2D eigenvalue weighted by atomic mass is 16.2. The molecule has 2 aromatic rings. The van der Waals surface area contributed by atoms with Crippen LogP contribution >= 0.6 is 0 Å². The molecule has 3 rings (SSSR count). The lowest BCUT2D eigenvalue weighted by molar-refractivity contribution is 0.0956. The average Bonchev–Trinajstić information content (AvgIpc) is 2.75. The zero-order valence-corrected chi connectivity index (χ0v) is 17.1. The summed E-state index contributed by atoms with van der Waals surface area (Å²) in [5.74, 6) is 0.813. The smallest absolute Gasteiger partial charge is 0.319 e. The number of hydrogen-bond donors (Lipinski definition) is 3. The Balaban J connectivity index is 1.59. The molecular weight excluding hydrogens is 366 g/mol. The largest absolute Gasteiger partial charge is 0.357 e. The van der Waals surface area contributed by atoms with Gasteiger partial charge in [-0.3, -0.25) is 4.79 Å². The first-order valence-corrected chi connectivity index (χ1v) is 10.2. The van der Waals surface area contributed by atoms with Gasteiger partial charge in [0.1, 0.15) is 5.82 Å². The summed E-state index contributed by atoms with van der Waals surface area (Å²) in [7, 11) is 0. The first-order chi connectivity index (χ1) is 14.1. The van der Waals surface area contributed by atoms with Crippen LogP contribution in [0.15, 0.2) is 36.5 Å². The number of anilines is 2. The summed E-state index contributed by atoms with van der Waals surface area (Å²) in [6.07, 6.45) is 5.46. The van der Waals surface area contributed by atoms with Gasteiger partial charge in [-0.25, -0.2) is 9.78 Å². The minimum Gasteiger partial charge on any atom is -0.357 e. The molecule has 7 heteroatoms. The molecule has 1 aliphatic heterocycles. The Morgan fingerprint density at radius 3 is 2.62 bits per heavy atom. The molecule has 0 unspecified atom stereocenters. The summed E-state index contributed by atoms with van der Waals surface area (Å²) < 4.78 is 0. The number of urea groups is 1. The van der Waals surface area contributed by atoms with E-state index in [2.05, 4.69) is 25.8 Å². The number of nitrogens with one attached hydrogen (secondary N) is 3. The van der Waals surface area contributed by atoms with Crippen molar-refractivity contribution in [3.63, 3.8) is 0 Å². The quantitative estimate of drug-likeness (QED) is 0.699. The van der Waals surface area contributed by atoms with Crippen LogP contribution in [0.1, 0.15) is 47.7 Å². The number of hydrogen-bond acceptors (Lipinski definition) is 4. The van der Waals surface area contributed by atoms with E-state index >= 15 is 0 Å². The van der Waals surface area contributed by atoms with Crippen molar-refractivity contribution in [2.75, 3.05) is 29.9 Å². The van der Waals surface area contributed by atoms with Crippen molar-refractivity contribution in [3.05, 3.63) is 53.2 Å². The number of amides is 3. The van der Waals surface area contributed by atoms with Crippen molar-refractivity contribution in [1.82, 2.24) is 15.6 Å². The standard InChI is InChI=1S/C22H29N5O2/c1-3-23-21(28)18-8-7-16(2)19(14-18)26-22(29)25-15-17-9-10-24-20(13-17)27-11-5-4-6-12-27/h7-10,13-14H,3-6,11-12,15H2,1-2H3,(H,23,28)(H2,25,26,29). The summed E-state index contributed by atoms with van der Waals surface area (Å²) in [6.45, 7) is 6.79. The van der Waals surface area contributed by atoms with Crippen LogP contribution < -0.4 is 20.9 Å². The predicted octanol–water partition coefficient (Wildman–Crippen LogP) is 3.45. The van der Waals surface area contributed by atoms with Gasteiger partial charge in [0.05, 0.1) is 0 Å². The lowest BCUT2D eigenvalue weighted by Crippen LogP contribution is -2.31. The third kappa shape index (κ3) is 5.70. The fraction of sp³-hybridized carbons (Fsp3) is 0.409. The molecule has 1 aromatic carbocycles. The van der Waals surface area contributed by atoms with E-state index in [-0.39, 0.29) is 11.9 Å². The summed E-state index contributed by atoms with van der Waals surface area (Å²) >= 11 is 0. The summed E-state index contributed by atoms with van der Waals surface area (Å²) in [5, 5.41) is 8.49. The number of piperidine rings is 1. The van der Waals surface area contributed by atoms with Gasteiger partial charge in [-0.15, -0.1) is 0 Å². The van der Waals surface area contributed by atoms with E-state index in [1.807, 2.05) is 32.0 Å². The van der Waals surface area contributed by atoms with Crippen molar-refractivity contribution in [2.24, 2.45) is 0 Å². The SMILES string of the molecule is CCNC(=O)c1ccc(C)c(NC(=O)NCc2ccnc(N3CCCCC3)c2)c1. The lowest BCUT2D eigenvalue weighted by Gasteiger charge is -2.27.